The van der Waals surface area contributed by atoms with Crippen molar-refractivity contribution in [3.8, 4) is 0 Å². The lowest BCUT2D eigenvalue weighted by atomic mass is 10.3. The standard InChI is InChI=1S/C6H6ClNS/c7-6-3-5(9-8-6)4-1-2-4/h3-4H,1-2H2. The first-order valence-electron chi connectivity index (χ1n) is 2.98. The van der Waals surface area contributed by atoms with E-state index in [0.717, 1.165) is 5.92 Å². The van der Waals surface area contributed by atoms with Crippen LogP contribution in [-0.4, -0.2) is 4.37 Å². The molecule has 0 aliphatic heterocycles. The Balaban J connectivity index is 2.28. The van der Waals surface area contributed by atoms with Crippen LogP contribution in [0.5, 0.6) is 0 Å². The van der Waals surface area contributed by atoms with E-state index in [-0.39, 0.29) is 0 Å². The zero-order valence-corrected chi connectivity index (χ0v) is 6.37. The van der Waals surface area contributed by atoms with Gasteiger partial charge in [0.2, 0.25) is 0 Å². The Morgan fingerprint density at radius 2 is 2.44 bits per heavy atom. The predicted octanol–water partition coefficient (Wildman–Crippen LogP) is 2.67. The Kier molecular flexibility index (Phi) is 1.24. The topological polar surface area (TPSA) is 12.9 Å². The summed E-state index contributed by atoms with van der Waals surface area (Å²) in [4.78, 5) is 1.36. The smallest absolute Gasteiger partial charge is 0.143 e. The first-order chi connectivity index (χ1) is 4.36. The largest absolute Gasteiger partial charge is 0.181 e. The quantitative estimate of drug-likeness (QED) is 0.614. The summed E-state index contributed by atoms with van der Waals surface area (Å²) in [5.74, 6) is 0.801. The van der Waals surface area contributed by atoms with Gasteiger partial charge in [0.15, 0.2) is 0 Å². The van der Waals surface area contributed by atoms with Crippen molar-refractivity contribution in [1.82, 2.24) is 4.37 Å². The number of hydrogen-bond acceptors (Lipinski definition) is 2. The summed E-state index contributed by atoms with van der Waals surface area (Å²) in [5, 5.41) is 0.655. The van der Waals surface area contributed by atoms with Crippen LogP contribution < -0.4 is 0 Å². The van der Waals surface area contributed by atoms with Crippen LogP contribution in [0.3, 0.4) is 0 Å². The molecule has 1 saturated carbocycles. The molecule has 9 heavy (non-hydrogen) atoms. The van der Waals surface area contributed by atoms with E-state index in [2.05, 4.69) is 4.37 Å². The van der Waals surface area contributed by atoms with E-state index in [1.165, 1.54) is 29.3 Å². The van der Waals surface area contributed by atoms with E-state index in [4.69, 9.17) is 11.6 Å². The Labute approximate surface area is 62.8 Å². The molecule has 2 rings (SSSR count). The molecule has 3 heteroatoms. The van der Waals surface area contributed by atoms with Gasteiger partial charge in [-0.05, 0) is 36.4 Å². The van der Waals surface area contributed by atoms with Gasteiger partial charge in [0.05, 0.1) is 0 Å². The molecule has 1 aromatic rings. The van der Waals surface area contributed by atoms with Gasteiger partial charge in [-0.15, -0.1) is 0 Å². The molecule has 0 radical (unpaired) electrons. The average Bonchev–Trinajstić information content (AvgIpc) is 2.58. The number of halogens is 1. The molecule has 1 heterocycles. The van der Waals surface area contributed by atoms with Crippen LogP contribution in [0, 0.1) is 0 Å². The number of rotatable bonds is 1. The monoisotopic (exact) mass is 159 g/mol. The van der Waals surface area contributed by atoms with Gasteiger partial charge in [-0.2, -0.15) is 4.37 Å². The third kappa shape index (κ3) is 1.10. The van der Waals surface area contributed by atoms with Gasteiger partial charge < -0.3 is 0 Å². The molecule has 1 nitrogen and oxygen atoms in total. The van der Waals surface area contributed by atoms with Crippen molar-refractivity contribution >= 4 is 23.1 Å². The number of nitrogens with zero attached hydrogens (tertiary/aromatic N) is 1. The highest BCUT2D eigenvalue weighted by molar-refractivity contribution is 7.06. The molecule has 0 spiro atoms. The molecule has 0 amide bonds. The van der Waals surface area contributed by atoms with E-state index in [9.17, 15) is 0 Å². The zero-order chi connectivity index (χ0) is 6.27. The van der Waals surface area contributed by atoms with Crippen LogP contribution in [0.1, 0.15) is 23.6 Å². The van der Waals surface area contributed by atoms with Crippen molar-refractivity contribution in [3.05, 3.63) is 16.1 Å². The minimum Gasteiger partial charge on any atom is -0.181 e. The first-order valence-corrected chi connectivity index (χ1v) is 4.13. The van der Waals surface area contributed by atoms with E-state index in [1.807, 2.05) is 6.07 Å². The summed E-state index contributed by atoms with van der Waals surface area (Å²) in [6.07, 6.45) is 2.66. The molecular formula is C6H6ClNS. The second kappa shape index (κ2) is 1.96. The first kappa shape index (κ1) is 5.69. The van der Waals surface area contributed by atoms with Crippen LogP contribution in [0.15, 0.2) is 6.07 Å². The van der Waals surface area contributed by atoms with Gasteiger partial charge in [-0.25, -0.2) is 0 Å². The minimum absolute atomic E-state index is 0.655. The Morgan fingerprint density at radius 3 is 2.89 bits per heavy atom. The molecule has 1 fully saturated rings. The third-order valence-electron chi connectivity index (χ3n) is 1.48. The van der Waals surface area contributed by atoms with E-state index in [0.29, 0.717) is 5.15 Å². The van der Waals surface area contributed by atoms with Crippen LogP contribution in [0.4, 0.5) is 0 Å². The van der Waals surface area contributed by atoms with Gasteiger partial charge in [0.25, 0.3) is 0 Å². The fourth-order valence-electron chi connectivity index (χ4n) is 0.827. The van der Waals surface area contributed by atoms with Crippen LogP contribution in [-0.2, 0) is 0 Å². The highest BCUT2D eigenvalue weighted by Crippen LogP contribution is 2.42. The predicted molar refractivity (Wildman–Crippen MR) is 39.1 cm³/mol. The van der Waals surface area contributed by atoms with Crippen molar-refractivity contribution in [2.45, 2.75) is 18.8 Å². The van der Waals surface area contributed by atoms with Crippen molar-refractivity contribution in [3.63, 3.8) is 0 Å². The molecule has 1 aliphatic rings. The average molecular weight is 160 g/mol. The van der Waals surface area contributed by atoms with Crippen LogP contribution in [0.2, 0.25) is 5.15 Å². The summed E-state index contributed by atoms with van der Waals surface area (Å²) in [5.41, 5.74) is 0. The van der Waals surface area contributed by atoms with E-state index in [1.54, 1.807) is 0 Å². The number of hydrogen-bond donors (Lipinski definition) is 0. The fraction of sp³-hybridized carbons (Fsp3) is 0.500. The highest BCUT2D eigenvalue weighted by Gasteiger charge is 2.25. The van der Waals surface area contributed by atoms with E-state index < -0.39 is 0 Å². The Bertz CT molecular complexity index is 217. The maximum atomic E-state index is 5.63. The highest BCUT2D eigenvalue weighted by atomic mass is 35.5. The maximum absolute atomic E-state index is 5.63. The van der Waals surface area contributed by atoms with Crippen molar-refractivity contribution in [1.29, 1.82) is 0 Å². The zero-order valence-electron chi connectivity index (χ0n) is 4.80. The minimum atomic E-state index is 0.655. The van der Waals surface area contributed by atoms with Crippen LogP contribution >= 0.6 is 23.1 Å². The molecular weight excluding hydrogens is 154 g/mol. The molecule has 0 bridgehead atoms. The summed E-state index contributed by atoms with van der Waals surface area (Å²) in [7, 11) is 0. The SMILES string of the molecule is Clc1cc(C2CC2)sn1. The Morgan fingerprint density at radius 1 is 1.67 bits per heavy atom. The summed E-state index contributed by atoms with van der Waals surface area (Å²) < 4.78 is 3.98. The number of aromatic nitrogens is 1. The molecule has 1 aliphatic carbocycles. The molecule has 0 atom stereocenters. The lowest BCUT2D eigenvalue weighted by Crippen LogP contribution is -1.63. The van der Waals surface area contributed by atoms with Gasteiger partial charge in [0, 0.05) is 4.88 Å². The molecule has 0 N–H and O–H groups in total. The van der Waals surface area contributed by atoms with Crippen molar-refractivity contribution in [2.24, 2.45) is 0 Å². The van der Waals surface area contributed by atoms with Gasteiger partial charge in [-0.1, -0.05) is 11.6 Å². The fourth-order valence-corrected chi connectivity index (χ4v) is 1.91. The van der Waals surface area contributed by atoms with Gasteiger partial charge in [0.1, 0.15) is 5.15 Å². The van der Waals surface area contributed by atoms with Gasteiger partial charge >= 0.3 is 0 Å². The second-order valence-electron chi connectivity index (χ2n) is 2.33. The summed E-state index contributed by atoms with van der Waals surface area (Å²) in [6.45, 7) is 0. The van der Waals surface area contributed by atoms with Crippen molar-refractivity contribution < 1.29 is 0 Å². The third-order valence-corrected chi connectivity index (χ3v) is 2.72. The molecule has 0 saturated heterocycles. The van der Waals surface area contributed by atoms with Crippen molar-refractivity contribution in [2.75, 3.05) is 0 Å². The lowest BCUT2D eigenvalue weighted by Gasteiger charge is -1.80. The molecule has 0 unspecified atom stereocenters. The summed E-state index contributed by atoms with van der Waals surface area (Å²) >= 11 is 7.17. The summed E-state index contributed by atoms with van der Waals surface area (Å²) in [6, 6.07) is 1.98. The lowest BCUT2D eigenvalue weighted by molar-refractivity contribution is 1.18. The molecule has 48 valence electrons. The second-order valence-corrected chi connectivity index (χ2v) is 3.55. The van der Waals surface area contributed by atoms with Crippen LogP contribution in [0.25, 0.3) is 0 Å². The normalized spacial score (nSPS) is 18.3. The maximum Gasteiger partial charge on any atom is 0.143 e. The molecule has 0 aromatic carbocycles. The van der Waals surface area contributed by atoms with Gasteiger partial charge in [-0.3, -0.25) is 0 Å². The molecule has 1 aromatic heterocycles. The van der Waals surface area contributed by atoms with E-state index >= 15 is 0 Å². The Hall–Kier alpha value is -0.0800.